The number of allylic oxidation sites excluding steroid dienone is 1. The average molecular weight is 132 g/mol. The van der Waals surface area contributed by atoms with Crippen molar-refractivity contribution in [1.29, 1.82) is 0 Å². The number of hydrogen-bond acceptors (Lipinski definition) is 2. The smallest absolute Gasteiger partial charge is 0.273 e. The zero-order chi connectivity index (χ0) is 6.41. The highest BCUT2D eigenvalue weighted by Crippen LogP contribution is 1.95. The van der Waals surface area contributed by atoms with E-state index in [4.69, 9.17) is 9.47 Å². The molecule has 0 aromatic rings. The van der Waals surface area contributed by atoms with Gasteiger partial charge in [0.2, 0.25) is 0 Å². The molecule has 0 amide bonds. The van der Waals surface area contributed by atoms with Crippen LogP contribution in [0.25, 0.3) is 0 Å². The van der Waals surface area contributed by atoms with E-state index in [1.807, 2.05) is 6.08 Å². The summed E-state index contributed by atoms with van der Waals surface area (Å²) in [7, 11) is 4.37. The molecule has 48 valence electrons. The van der Waals surface area contributed by atoms with Crippen LogP contribution in [0.5, 0.6) is 0 Å². The van der Waals surface area contributed by atoms with Crippen LogP contribution in [0.1, 0.15) is 0 Å². The molecule has 8 heavy (non-hydrogen) atoms. The molecule has 0 radical (unpaired) electrons. The largest absolute Gasteiger partial charge is 0.469 e. The maximum Gasteiger partial charge on any atom is 0.273 e. The van der Waals surface area contributed by atoms with Crippen LogP contribution in [0, 0.1) is 0 Å². The first-order valence-corrected chi connectivity index (χ1v) is 4.04. The van der Waals surface area contributed by atoms with E-state index >= 15 is 0 Å². The maximum absolute atomic E-state index is 4.80. The van der Waals surface area contributed by atoms with Crippen LogP contribution >= 0.6 is 0 Å². The van der Waals surface area contributed by atoms with Gasteiger partial charge in [0.25, 0.3) is 5.95 Å². The first kappa shape index (κ1) is 7.56. The Kier molecular flexibility index (Phi) is 4.45. The van der Waals surface area contributed by atoms with Crippen LogP contribution < -0.4 is 0 Å². The summed E-state index contributed by atoms with van der Waals surface area (Å²) in [4.78, 5) is 0. The van der Waals surface area contributed by atoms with E-state index in [0.717, 1.165) is 16.3 Å². The number of hydrogen-bond donors (Lipinski definition) is 0. The highest BCUT2D eigenvalue weighted by atomic mass is 28.1. The molecule has 0 unspecified atom stereocenters. The second kappa shape index (κ2) is 4.71. The van der Waals surface area contributed by atoms with Gasteiger partial charge in [0.05, 0.1) is 14.2 Å². The molecule has 0 aliphatic heterocycles. The predicted molar refractivity (Wildman–Crippen MR) is 36.8 cm³/mol. The summed E-state index contributed by atoms with van der Waals surface area (Å²) in [5.41, 5.74) is 0. The topological polar surface area (TPSA) is 18.5 Å². The molecule has 0 bridgehead atoms. The molecule has 0 aliphatic carbocycles. The summed E-state index contributed by atoms with van der Waals surface area (Å²) >= 11 is 0. The van der Waals surface area contributed by atoms with Crippen LogP contribution in [0.2, 0.25) is 6.04 Å². The number of ether oxygens (including phenoxy) is 2. The van der Waals surface area contributed by atoms with Gasteiger partial charge in [-0.3, -0.25) is 0 Å². The molecule has 0 aliphatic rings. The van der Waals surface area contributed by atoms with Crippen molar-refractivity contribution in [3.05, 3.63) is 12.0 Å². The third-order valence-electron chi connectivity index (χ3n) is 0.773. The van der Waals surface area contributed by atoms with Crippen molar-refractivity contribution < 1.29 is 9.47 Å². The van der Waals surface area contributed by atoms with E-state index in [9.17, 15) is 0 Å². The Bertz CT molecular complexity index is 74.5. The molecule has 0 saturated heterocycles. The van der Waals surface area contributed by atoms with Crippen molar-refractivity contribution in [1.82, 2.24) is 0 Å². The fourth-order valence-electron chi connectivity index (χ4n) is 0.417. The van der Waals surface area contributed by atoms with E-state index in [2.05, 4.69) is 0 Å². The molecule has 0 spiro atoms. The van der Waals surface area contributed by atoms with Crippen LogP contribution in [0.3, 0.4) is 0 Å². The van der Waals surface area contributed by atoms with Crippen molar-refractivity contribution >= 4 is 10.2 Å². The predicted octanol–water partition coefficient (Wildman–Crippen LogP) is -0.0957. The highest BCUT2D eigenvalue weighted by Gasteiger charge is 1.86. The third kappa shape index (κ3) is 2.68. The lowest BCUT2D eigenvalue weighted by atomic mass is 10.7. The zero-order valence-electron chi connectivity index (χ0n) is 5.60. The van der Waals surface area contributed by atoms with E-state index in [1.165, 1.54) is 0 Å². The summed E-state index contributed by atoms with van der Waals surface area (Å²) in [6.45, 7) is 0. The second-order valence-corrected chi connectivity index (χ2v) is 2.16. The monoisotopic (exact) mass is 132 g/mol. The van der Waals surface area contributed by atoms with Crippen molar-refractivity contribution in [3.8, 4) is 0 Å². The van der Waals surface area contributed by atoms with E-state index in [-0.39, 0.29) is 0 Å². The van der Waals surface area contributed by atoms with Crippen LogP contribution in [-0.4, -0.2) is 24.5 Å². The van der Waals surface area contributed by atoms with Gasteiger partial charge in [-0.15, -0.1) is 0 Å². The van der Waals surface area contributed by atoms with Gasteiger partial charge in [0, 0.05) is 10.2 Å². The quantitative estimate of drug-likeness (QED) is 0.394. The van der Waals surface area contributed by atoms with Crippen molar-refractivity contribution in [2.24, 2.45) is 0 Å². The zero-order valence-corrected chi connectivity index (χ0v) is 7.60. The molecule has 3 heteroatoms. The summed E-state index contributed by atoms with van der Waals surface area (Å²) in [5.74, 6) is 0.625. The van der Waals surface area contributed by atoms with Gasteiger partial charge in [-0.05, 0) is 12.1 Å². The Morgan fingerprint density at radius 2 is 2.00 bits per heavy atom. The third-order valence-corrected chi connectivity index (χ3v) is 1.18. The molecule has 0 N–H and O–H groups in total. The van der Waals surface area contributed by atoms with Gasteiger partial charge in [-0.25, -0.2) is 0 Å². The second-order valence-electron chi connectivity index (χ2n) is 1.34. The lowest BCUT2D eigenvalue weighted by Crippen LogP contribution is -1.87. The SMILES string of the molecule is COC(=CC[SiH3])OC. The van der Waals surface area contributed by atoms with Gasteiger partial charge in [0.1, 0.15) is 0 Å². The normalized spacial score (nSPS) is 8.25. The lowest BCUT2D eigenvalue weighted by Gasteiger charge is -2.00. The van der Waals surface area contributed by atoms with Gasteiger partial charge in [-0.1, -0.05) is 0 Å². The molecule has 0 heterocycles. The molecule has 0 fully saturated rings. The molecule has 2 nitrogen and oxygen atoms in total. The first-order valence-electron chi connectivity index (χ1n) is 2.63. The van der Waals surface area contributed by atoms with Gasteiger partial charge in [0.15, 0.2) is 0 Å². The van der Waals surface area contributed by atoms with E-state index in [0.29, 0.717) is 5.95 Å². The average Bonchev–Trinajstić information content (AvgIpc) is 1.83. The molecule has 0 rings (SSSR count). The standard InChI is InChI=1S/C5H12O2Si/c1-6-5(7-2)3-4-8/h3H,4H2,1-2,8H3. The fraction of sp³-hybridized carbons (Fsp3) is 0.600. The van der Waals surface area contributed by atoms with Crippen LogP contribution in [0.4, 0.5) is 0 Å². The van der Waals surface area contributed by atoms with Crippen molar-refractivity contribution in [3.63, 3.8) is 0 Å². The molecule has 0 aromatic heterocycles. The summed E-state index contributed by atoms with van der Waals surface area (Å²) < 4.78 is 9.60. The van der Waals surface area contributed by atoms with Crippen molar-refractivity contribution in [2.45, 2.75) is 6.04 Å². The fourth-order valence-corrected chi connectivity index (χ4v) is 0.750. The Labute approximate surface area is 52.9 Å². The minimum absolute atomic E-state index is 0.625. The number of methoxy groups -OCH3 is 2. The maximum atomic E-state index is 4.80. The first-order chi connectivity index (χ1) is 3.85. The van der Waals surface area contributed by atoms with E-state index in [1.54, 1.807) is 14.2 Å². The Hall–Kier alpha value is -0.443. The Morgan fingerprint density at radius 3 is 2.12 bits per heavy atom. The minimum Gasteiger partial charge on any atom is -0.469 e. The highest BCUT2D eigenvalue weighted by molar-refractivity contribution is 6.09. The number of rotatable bonds is 3. The molecular weight excluding hydrogens is 120 g/mol. The molecule has 0 atom stereocenters. The Morgan fingerprint density at radius 1 is 1.50 bits per heavy atom. The van der Waals surface area contributed by atoms with Gasteiger partial charge in [-0.2, -0.15) is 0 Å². The van der Waals surface area contributed by atoms with E-state index < -0.39 is 0 Å². The summed E-state index contributed by atoms with van der Waals surface area (Å²) in [6, 6.07) is 1.08. The summed E-state index contributed by atoms with van der Waals surface area (Å²) in [5, 5.41) is 0. The molecule has 0 saturated carbocycles. The summed E-state index contributed by atoms with van der Waals surface area (Å²) in [6.07, 6.45) is 1.94. The van der Waals surface area contributed by atoms with Gasteiger partial charge < -0.3 is 9.47 Å². The van der Waals surface area contributed by atoms with Gasteiger partial charge >= 0.3 is 0 Å². The minimum atomic E-state index is 0.625. The van der Waals surface area contributed by atoms with Crippen LogP contribution in [0.15, 0.2) is 12.0 Å². The Balaban J connectivity index is 3.49. The molecule has 0 aromatic carbocycles. The molecular formula is C5H12O2Si. The van der Waals surface area contributed by atoms with Crippen molar-refractivity contribution in [2.75, 3.05) is 14.2 Å². The van der Waals surface area contributed by atoms with Crippen LogP contribution in [-0.2, 0) is 9.47 Å². The lowest BCUT2D eigenvalue weighted by molar-refractivity contribution is 0.0948.